The van der Waals surface area contributed by atoms with E-state index in [0.29, 0.717) is 11.7 Å². The van der Waals surface area contributed by atoms with Crippen molar-refractivity contribution in [1.29, 1.82) is 0 Å². The number of likely N-dealkylation sites (tertiary alicyclic amines) is 1. The highest BCUT2D eigenvalue weighted by molar-refractivity contribution is 5.79. The number of fused-ring (bicyclic) bond motifs is 1. The van der Waals surface area contributed by atoms with Gasteiger partial charge in [0, 0.05) is 43.7 Å². The standard InChI is InChI=1S/C22H26N6O/c29-21(27-11-5-2-6-12-27)18-9-13-26(14-10-18)20-15-19(17-7-3-1-4-8-17)25-22-23-16-24-28(20)22/h1,3-4,7-8,15-16,18H,2,5-6,9-14H2. The van der Waals surface area contributed by atoms with E-state index in [1.165, 1.54) is 6.42 Å². The van der Waals surface area contributed by atoms with Gasteiger partial charge in [0.15, 0.2) is 0 Å². The molecule has 0 radical (unpaired) electrons. The molecule has 0 saturated carbocycles. The topological polar surface area (TPSA) is 66.6 Å². The molecule has 7 heteroatoms. The van der Waals surface area contributed by atoms with Crippen LogP contribution < -0.4 is 4.90 Å². The number of carbonyl (C=O) groups excluding carboxylic acids is 1. The SMILES string of the molecule is O=C(C1CCN(c2cc(-c3ccccc3)nc3ncnn23)CC1)N1CCCCC1. The Morgan fingerprint density at radius 1 is 0.966 bits per heavy atom. The molecule has 2 aliphatic rings. The van der Waals surface area contributed by atoms with Gasteiger partial charge >= 0.3 is 0 Å². The molecular formula is C22H26N6O. The molecule has 0 aliphatic carbocycles. The molecule has 4 heterocycles. The van der Waals surface area contributed by atoms with Gasteiger partial charge in [0.1, 0.15) is 12.1 Å². The second kappa shape index (κ2) is 7.81. The molecule has 7 nitrogen and oxygen atoms in total. The van der Waals surface area contributed by atoms with Gasteiger partial charge in [-0.15, -0.1) is 0 Å². The summed E-state index contributed by atoms with van der Waals surface area (Å²) < 4.78 is 1.80. The number of carbonyl (C=O) groups is 1. The normalized spacial score (nSPS) is 18.3. The summed E-state index contributed by atoms with van der Waals surface area (Å²) in [5.41, 5.74) is 1.96. The number of benzene rings is 1. The van der Waals surface area contributed by atoms with E-state index in [9.17, 15) is 4.79 Å². The van der Waals surface area contributed by atoms with Crippen molar-refractivity contribution in [1.82, 2.24) is 24.5 Å². The van der Waals surface area contributed by atoms with Gasteiger partial charge < -0.3 is 9.80 Å². The van der Waals surface area contributed by atoms with E-state index in [-0.39, 0.29) is 5.92 Å². The molecule has 150 valence electrons. The summed E-state index contributed by atoms with van der Waals surface area (Å²) in [4.78, 5) is 26.3. The van der Waals surface area contributed by atoms with Crippen molar-refractivity contribution in [2.45, 2.75) is 32.1 Å². The van der Waals surface area contributed by atoms with E-state index >= 15 is 0 Å². The predicted octanol–water partition coefficient (Wildman–Crippen LogP) is 3.02. The fourth-order valence-electron chi connectivity index (χ4n) is 4.51. The number of nitrogens with zero attached hydrogens (tertiary/aromatic N) is 6. The van der Waals surface area contributed by atoms with Gasteiger partial charge in [-0.2, -0.15) is 14.6 Å². The average Bonchev–Trinajstić information content (AvgIpc) is 3.28. The molecule has 0 unspecified atom stereocenters. The van der Waals surface area contributed by atoms with Crippen molar-refractivity contribution in [2.75, 3.05) is 31.1 Å². The van der Waals surface area contributed by atoms with Crippen molar-refractivity contribution in [2.24, 2.45) is 5.92 Å². The van der Waals surface area contributed by atoms with Gasteiger partial charge in [-0.25, -0.2) is 4.98 Å². The first-order valence-electron chi connectivity index (χ1n) is 10.6. The Kier molecular flexibility index (Phi) is 4.87. The fraction of sp³-hybridized carbons (Fsp3) is 0.455. The lowest BCUT2D eigenvalue weighted by molar-refractivity contribution is -0.137. The van der Waals surface area contributed by atoms with Crippen molar-refractivity contribution < 1.29 is 4.79 Å². The third-order valence-corrected chi connectivity index (χ3v) is 6.14. The fourth-order valence-corrected chi connectivity index (χ4v) is 4.51. The zero-order valence-corrected chi connectivity index (χ0v) is 16.6. The van der Waals surface area contributed by atoms with Gasteiger partial charge in [-0.1, -0.05) is 30.3 Å². The maximum Gasteiger partial charge on any atom is 0.254 e. The highest BCUT2D eigenvalue weighted by Gasteiger charge is 2.30. The highest BCUT2D eigenvalue weighted by Crippen LogP contribution is 2.28. The highest BCUT2D eigenvalue weighted by atomic mass is 16.2. The van der Waals surface area contributed by atoms with E-state index in [2.05, 4.69) is 43.1 Å². The predicted molar refractivity (Wildman–Crippen MR) is 112 cm³/mol. The second-order valence-electron chi connectivity index (χ2n) is 7.98. The quantitative estimate of drug-likeness (QED) is 0.688. The molecule has 0 bridgehead atoms. The molecule has 2 aliphatic heterocycles. The summed E-state index contributed by atoms with van der Waals surface area (Å²) in [5, 5.41) is 4.38. The number of anilines is 1. The third-order valence-electron chi connectivity index (χ3n) is 6.14. The molecule has 2 aromatic heterocycles. The molecule has 0 spiro atoms. The van der Waals surface area contributed by atoms with E-state index in [0.717, 1.165) is 68.9 Å². The molecule has 5 rings (SSSR count). The minimum Gasteiger partial charge on any atom is -0.356 e. The smallest absolute Gasteiger partial charge is 0.254 e. The molecule has 2 fully saturated rings. The minimum atomic E-state index is 0.144. The third kappa shape index (κ3) is 3.57. The first kappa shape index (κ1) is 18.1. The van der Waals surface area contributed by atoms with Crippen LogP contribution in [0.5, 0.6) is 0 Å². The molecule has 0 N–H and O–H groups in total. The van der Waals surface area contributed by atoms with Crippen molar-refractivity contribution in [3.05, 3.63) is 42.7 Å². The zero-order chi connectivity index (χ0) is 19.6. The summed E-state index contributed by atoms with van der Waals surface area (Å²) in [6, 6.07) is 12.2. The Balaban J connectivity index is 1.36. The van der Waals surface area contributed by atoms with Crippen LogP contribution in [0, 0.1) is 5.92 Å². The van der Waals surface area contributed by atoms with Crippen LogP contribution in [0.4, 0.5) is 5.82 Å². The van der Waals surface area contributed by atoms with Crippen molar-refractivity contribution in [3.8, 4) is 11.3 Å². The monoisotopic (exact) mass is 390 g/mol. The Morgan fingerprint density at radius 2 is 1.72 bits per heavy atom. The Labute approximate surface area is 170 Å². The van der Waals surface area contributed by atoms with Crippen LogP contribution in [-0.4, -0.2) is 56.6 Å². The zero-order valence-electron chi connectivity index (χ0n) is 16.6. The van der Waals surface area contributed by atoms with Crippen LogP contribution in [0.1, 0.15) is 32.1 Å². The summed E-state index contributed by atoms with van der Waals surface area (Å²) in [7, 11) is 0. The lowest BCUT2D eigenvalue weighted by atomic mass is 9.94. The van der Waals surface area contributed by atoms with E-state index < -0.39 is 0 Å². The minimum absolute atomic E-state index is 0.144. The van der Waals surface area contributed by atoms with Crippen LogP contribution in [0.15, 0.2) is 42.7 Å². The average molecular weight is 390 g/mol. The molecule has 3 aromatic rings. The van der Waals surface area contributed by atoms with Crippen LogP contribution in [-0.2, 0) is 4.79 Å². The van der Waals surface area contributed by atoms with Crippen LogP contribution in [0.25, 0.3) is 17.0 Å². The van der Waals surface area contributed by atoms with Crippen LogP contribution in [0.2, 0.25) is 0 Å². The Morgan fingerprint density at radius 3 is 2.48 bits per heavy atom. The molecular weight excluding hydrogens is 364 g/mol. The Hall–Kier alpha value is -2.96. The van der Waals surface area contributed by atoms with Crippen molar-refractivity contribution in [3.63, 3.8) is 0 Å². The maximum atomic E-state index is 12.9. The van der Waals surface area contributed by atoms with Crippen LogP contribution in [0.3, 0.4) is 0 Å². The number of aromatic nitrogens is 4. The van der Waals surface area contributed by atoms with Crippen molar-refractivity contribution >= 4 is 17.5 Å². The number of rotatable bonds is 3. The molecule has 0 atom stereocenters. The summed E-state index contributed by atoms with van der Waals surface area (Å²) in [6.45, 7) is 3.56. The van der Waals surface area contributed by atoms with E-state index in [4.69, 9.17) is 0 Å². The number of piperidine rings is 2. The number of hydrogen-bond acceptors (Lipinski definition) is 5. The van der Waals surface area contributed by atoms with E-state index in [1.807, 2.05) is 18.2 Å². The van der Waals surface area contributed by atoms with Gasteiger partial charge in [0.25, 0.3) is 5.78 Å². The molecule has 1 aromatic carbocycles. The van der Waals surface area contributed by atoms with Gasteiger partial charge in [0.2, 0.25) is 5.91 Å². The maximum absolute atomic E-state index is 12.9. The first-order valence-corrected chi connectivity index (χ1v) is 10.6. The van der Waals surface area contributed by atoms with E-state index in [1.54, 1.807) is 10.8 Å². The summed E-state index contributed by atoms with van der Waals surface area (Å²) >= 11 is 0. The molecule has 2 saturated heterocycles. The largest absolute Gasteiger partial charge is 0.356 e. The van der Waals surface area contributed by atoms with Crippen LogP contribution >= 0.6 is 0 Å². The summed E-state index contributed by atoms with van der Waals surface area (Å²) in [6.07, 6.45) is 6.86. The second-order valence-corrected chi connectivity index (χ2v) is 7.98. The van der Waals surface area contributed by atoms with Gasteiger partial charge in [0.05, 0.1) is 5.69 Å². The van der Waals surface area contributed by atoms with Gasteiger partial charge in [-0.05, 0) is 32.1 Å². The first-order chi connectivity index (χ1) is 14.3. The Bertz CT molecular complexity index is 987. The molecule has 1 amide bonds. The molecule has 29 heavy (non-hydrogen) atoms. The van der Waals surface area contributed by atoms with Gasteiger partial charge in [-0.3, -0.25) is 4.79 Å². The number of hydrogen-bond donors (Lipinski definition) is 0. The number of amides is 1. The summed E-state index contributed by atoms with van der Waals surface area (Å²) in [5.74, 6) is 2.10. The lowest BCUT2D eigenvalue weighted by Gasteiger charge is -2.36. The lowest BCUT2D eigenvalue weighted by Crippen LogP contribution is -2.44.